The summed E-state index contributed by atoms with van der Waals surface area (Å²) in [5, 5.41) is 0. The molecule has 0 N–H and O–H groups in total. The van der Waals surface area contributed by atoms with E-state index in [2.05, 4.69) is 27.7 Å². The first-order valence-electron chi connectivity index (χ1n) is 12.4. The maximum Gasteiger partial charge on any atom is 0.235 e. The molecule has 4 unspecified atom stereocenters. The van der Waals surface area contributed by atoms with Crippen LogP contribution in [0.2, 0.25) is 0 Å². The van der Waals surface area contributed by atoms with Gasteiger partial charge < -0.3 is 18.9 Å². The van der Waals surface area contributed by atoms with E-state index in [4.69, 9.17) is 38.9 Å². The summed E-state index contributed by atoms with van der Waals surface area (Å²) in [6.07, 6.45) is -0.879. The molecule has 0 radical (unpaired) electrons. The van der Waals surface area contributed by atoms with Gasteiger partial charge >= 0.3 is 0 Å². The van der Waals surface area contributed by atoms with Crippen molar-refractivity contribution in [3.05, 3.63) is 59.2 Å². The van der Waals surface area contributed by atoms with E-state index in [-0.39, 0.29) is 12.1 Å². The van der Waals surface area contributed by atoms with E-state index in [9.17, 15) is 0 Å². The van der Waals surface area contributed by atoms with Gasteiger partial charge in [0.15, 0.2) is 5.79 Å². The molecule has 4 atom stereocenters. The summed E-state index contributed by atoms with van der Waals surface area (Å²) in [5.74, 6) is 1.19. The molecule has 5 rings (SSSR count). The lowest BCUT2D eigenvalue weighted by atomic mass is 10.1. The molecular weight excluding hydrogens is 444 g/mol. The van der Waals surface area contributed by atoms with Crippen LogP contribution in [0.15, 0.2) is 46.4 Å². The summed E-state index contributed by atoms with van der Waals surface area (Å²) >= 11 is 0. The second-order valence-corrected chi connectivity index (χ2v) is 10.5. The van der Waals surface area contributed by atoms with E-state index in [1.807, 2.05) is 50.2 Å². The van der Waals surface area contributed by atoms with Gasteiger partial charge in [-0.3, -0.25) is 0 Å². The van der Waals surface area contributed by atoms with Crippen LogP contribution in [0.4, 0.5) is 0 Å². The van der Waals surface area contributed by atoms with Crippen molar-refractivity contribution in [2.45, 2.75) is 71.6 Å². The van der Waals surface area contributed by atoms with Gasteiger partial charge in [0.1, 0.15) is 36.8 Å². The van der Waals surface area contributed by atoms with Crippen molar-refractivity contribution in [3.63, 3.8) is 0 Å². The molecule has 0 bridgehead atoms. The van der Waals surface area contributed by atoms with Crippen LogP contribution in [0.5, 0.6) is 0 Å². The van der Waals surface area contributed by atoms with Gasteiger partial charge in [-0.1, -0.05) is 39.8 Å². The van der Waals surface area contributed by atoms with Gasteiger partial charge in [-0.05, 0) is 49.9 Å². The molecule has 0 aromatic carbocycles. The van der Waals surface area contributed by atoms with Crippen molar-refractivity contribution >= 4 is 11.8 Å². The second kappa shape index (κ2) is 9.32. The number of hydrogen-bond acceptors (Lipinski definition) is 8. The highest BCUT2D eigenvalue weighted by atomic mass is 16.8. The molecule has 8 heteroatoms. The average Bonchev–Trinajstić information content (AvgIpc) is 3.58. The Morgan fingerprint density at radius 3 is 1.51 bits per heavy atom. The van der Waals surface area contributed by atoms with Crippen LogP contribution in [0.1, 0.15) is 76.5 Å². The normalized spacial score (nSPS) is 27.7. The predicted octanol–water partition coefficient (Wildman–Crippen LogP) is 4.64. The van der Waals surface area contributed by atoms with Crippen LogP contribution in [0.3, 0.4) is 0 Å². The Balaban J connectivity index is 1.44. The zero-order valence-corrected chi connectivity index (χ0v) is 21.3. The van der Waals surface area contributed by atoms with Crippen molar-refractivity contribution in [2.24, 2.45) is 21.8 Å². The molecule has 1 fully saturated rings. The Hall–Kier alpha value is -2.84. The molecule has 2 aromatic rings. The second-order valence-electron chi connectivity index (χ2n) is 10.5. The molecule has 8 nitrogen and oxygen atoms in total. The van der Waals surface area contributed by atoms with Crippen molar-refractivity contribution in [3.8, 4) is 0 Å². The Bertz CT molecular complexity index is 1060. The Kier molecular flexibility index (Phi) is 6.36. The van der Waals surface area contributed by atoms with E-state index in [1.165, 1.54) is 0 Å². The van der Waals surface area contributed by atoms with Crippen LogP contribution in [0, 0.1) is 11.8 Å². The van der Waals surface area contributed by atoms with E-state index in [1.54, 1.807) is 0 Å². The van der Waals surface area contributed by atoms with Gasteiger partial charge in [0.25, 0.3) is 0 Å². The number of pyridine rings is 2. The number of aromatic nitrogens is 2. The number of hydrogen-bond donors (Lipinski definition) is 0. The molecule has 35 heavy (non-hydrogen) atoms. The van der Waals surface area contributed by atoms with Crippen molar-refractivity contribution < 1.29 is 18.9 Å². The largest absolute Gasteiger partial charge is 0.474 e. The number of rotatable bonds is 6. The summed E-state index contributed by atoms with van der Waals surface area (Å²) in [5.41, 5.74) is 2.90. The minimum atomic E-state index is -0.793. The maximum atomic E-state index is 6.33. The van der Waals surface area contributed by atoms with Crippen molar-refractivity contribution in [1.29, 1.82) is 0 Å². The summed E-state index contributed by atoms with van der Waals surface area (Å²) in [4.78, 5) is 19.2. The molecule has 0 aliphatic carbocycles. The molecule has 0 saturated carbocycles. The Labute approximate surface area is 206 Å². The Morgan fingerprint density at radius 2 is 1.14 bits per heavy atom. The summed E-state index contributed by atoms with van der Waals surface area (Å²) in [7, 11) is 0. The van der Waals surface area contributed by atoms with Crippen molar-refractivity contribution in [1.82, 2.24) is 9.97 Å². The predicted molar refractivity (Wildman–Crippen MR) is 132 cm³/mol. The van der Waals surface area contributed by atoms with E-state index in [0.29, 0.717) is 48.2 Å². The number of nitrogens with zero attached hydrogens (tertiary/aromatic N) is 4. The fraction of sp³-hybridized carbons (Fsp3) is 0.556. The molecule has 0 amide bonds. The van der Waals surface area contributed by atoms with Gasteiger partial charge in [0.05, 0.1) is 23.5 Å². The van der Waals surface area contributed by atoms with Gasteiger partial charge in [-0.15, -0.1) is 0 Å². The van der Waals surface area contributed by atoms with Crippen LogP contribution in [-0.2, 0) is 18.9 Å². The highest BCUT2D eigenvalue weighted by Gasteiger charge is 2.45. The van der Waals surface area contributed by atoms with Crippen LogP contribution in [0.25, 0.3) is 0 Å². The smallest absolute Gasteiger partial charge is 0.235 e. The highest BCUT2D eigenvalue weighted by molar-refractivity contribution is 5.93. The lowest BCUT2D eigenvalue weighted by Crippen LogP contribution is -2.20. The van der Waals surface area contributed by atoms with Gasteiger partial charge in [-0.2, -0.15) is 0 Å². The van der Waals surface area contributed by atoms with Crippen LogP contribution >= 0.6 is 0 Å². The molecule has 1 saturated heterocycles. The number of ether oxygens (including phenoxy) is 4. The fourth-order valence-electron chi connectivity index (χ4n) is 4.39. The third-order valence-corrected chi connectivity index (χ3v) is 6.55. The molecule has 2 aromatic heterocycles. The Morgan fingerprint density at radius 1 is 0.714 bits per heavy atom. The van der Waals surface area contributed by atoms with Gasteiger partial charge in [-0.25, -0.2) is 20.0 Å². The summed E-state index contributed by atoms with van der Waals surface area (Å²) < 4.78 is 24.4. The molecule has 3 aliphatic rings. The average molecular weight is 479 g/mol. The highest BCUT2D eigenvalue weighted by Crippen LogP contribution is 2.46. The monoisotopic (exact) mass is 478 g/mol. The van der Waals surface area contributed by atoms with Crippen LogP contribution < -0.4 is 0 Å². The topological polar surface area (TPSA) is 87.4 Å². The lowest BCUT2D eigenvalue weighted by molar-refractivity contribution is -0.148. The van der Waals surface area contributed by atoms with E-state index >= 15 is 0 Å². The molecular formula is C27H34N4O4. The number of aliphatic imine (C=N–C) groups is 2. The first-order chi connectivity index (χ1) is 16.7. The third-order valence-electron chi connectivity index (χ3n) is 6.55. The molecule has 186 valence electrons. The molecule has 3 aliphatic heterocycles. The summed E-state index contributed by atoms with van der Waals surface area (Å²) in [6.45, 7) is 13.6. The van der Waals surface area contributed by atoms with Crippen molar-refractivity contribution in [2.75, 3.05) is 13.2 Å². The maximum absolute atomic E-state index is 6.33. The molecule has 5 heterocycles. The first-order valence-corrected chi connectivity index (χ1v) is 12.4. The van der Waals surface area contributed by atoms with Gasteiger partial charge in [0.2, 0.25) is 11.8 Å². The standard InChI is InChI=1S/C27H34N4O4/c1-15(2)21-13-32-25(30-21)19-11-7-9-17(28-19)23-24(35-27(5,6)34-23)18-10-8-12-20(29-18)26-31-22(14-33-26)16(3)4/h7-12,15-16,21-24H,13-14H2,1-6H3. The SMILES string of the molecule is CC(C)C1COC(c2cccc(C3OC(C)(C)OC3c3cccc(C4=NC(C(C)C)CO4)n3)n2)=N1. The van der Waals surface area contributed by atoms with E-state index in [0.717, 1.165) is 11.4 Å². The van der Waals surface area contributed by atoms with Crippen LogP contribution in [-0.4, -0.2) is 52.8 Å². The third kappa shape index (κ3) is 4.95. The fourth-order valence-corrected chi connectivity index (χ4v) is 4.39. The van der Waals surface area contributed by atoms with Gasteiger partial charge in [0, 0.05) is 0 Å². The molecule has 0 spiro atoms. The first kappa shape index (κ1) is 23.9. The minimum absolute atomic E-state index is 0.149. The minimum Gasteiger partial charge on any atom is -0.474 e. The van der Waals surface area contributed by atoms with E-state index < -0.39 is 18.0 Å². The quantitative estimate of drug-likeness (QED) is 0.601. The lowest BCUT2D eigenvalue weighted by Gasteiger charge is -2.17. The zero-order valence-electron chi connectivity index (χ0n) is 21.3. The zero-order chi connectivity index (χ0) is 24.7. The summed E-state index contributed by atoms with van der Waals surface area (Å²) in [6, 6.07) is 11.9.